The summed E-state index contributed by atoms with van der Waals surface area (Å²) in [5, 5.41) is 20.7. The molecule has 9 nitrogen and oxygen atoms in total. The SMILES string of the molecule is COc1ccc([C@H]2CC(c3cccs3)=NN2C(=O)CSc2nnnn2C(C)C)cc1OC. The van der Waals surface area contributed by atoms with E-state index in [2.05, 4.69) is 15.5 Å². The van der Waals surface area contributed by atoms with Crippen LogP contribution in [-0.4, -0.2) is 56.8 Å². The maximum absolute atomic E-state index is 13.3. The summed E-state index contributed by atoms with van der Waals surface area (Å²) in [4.78, 5) is 14.3. The molecule has 0 spiro atoms. The quantitative estimate of drug-likeness (QED) is 0.460. The van der Waals surface area contributed by atoms with Crippen LogP contribution in [-0.2, 0) is 4.79 Å². The highest BCUT2D eigenvalue weighted by Crippen LogP contribution is 2.38. The number of amides is 1. The topological polar surface area (TPSA) is 94.7 Å². The Morgan fingerprint density at radius 2 is 2.06 bits per heavy atom. The van der Waals surface area contributed by atoms with Crippen molar-refractivity contribution >= 4 is 34.7 Å². The van der Waals surface area contributed by atoms with Crippen LogP contribution in [0.1, 0.15) is 42.8 Å². The number of aromatic nitrogens is 4. The number of carbonyl (C=O) groups excluding carboxylic acids is 1. The van der Waals surface area contributed by atoms with Gasteiger partial charge in [-0.3, -0.25) is 4.79 Å². The largest absolute Gasteiger partial charge is 0.493 e. The zero-order valence-electron chi connectivity index (χ0n) is 18.3. The molecule has 3 heterocycles. The van der Waals surface area contributed by atoms with Crippen LogP contribution in [0.3, 0.4) is 0 Å². The van der Waals surface area contributed by atoms with E-state index in [9.17, 15) is 4.79 Å². The van der Waals surface area contributed by atoms with Crippen molar-refractivity contribution in [1.82, 2.24) is 25.2 Å². The molecule has 0 fully saturated rings. The number of carbonyl (C=O) groups is 1. The minimum absolute atomic E-state index is 0.109. The number of thiophene rings is 1. The van der Waals surface area contributed by atoms with Crippen molar-refractivity contribution in [1.29, 1.82) is 0 Å². The lowest BCUT2D eigenvalue weighted by molar-refractivity contribution is -0.130. The van der Waals surface area contributed by atoms with Crippen LogP contribution >= 0.6 is 23.1 Å². The summed E-state index contributed by atoms with van der Waals surface area (Å²) in [6.45, 7) is 3.99. The molecule has 1 atom stereocenters. The molecular formula is C21H24N6O3S2. The lowest BCUT2D eigenvalue weighted by atomic mass is 10.0. The average molecular weight is 473 g/mol. The lowest BCUT2D eigenvalue weighted by Crippen LogP contribution is -2.28. The Labute approximate surface area is 194 Å². The normalized spacial score (nSPS) is 15.8. The van der Waals surface area contributed by atoms with Crippen LogP contribution in [0.25, 0.3) is 0 Å². The minimum atomic E-state index is -0.235. The molecule has 0 saturated heterocycles. The van der Waals surface area contributed by atoms with Crippen LogP contribution in [0, 0.1) is 0 Å². The standard InChI is InChI=1S/C21H24N6O3S2/c1-13(2)26-21(22-24-25-26)32-12-20(28)27-16(11-15(23-27)19-6-5-9-31-19)14-7-8-17(29-3)18(10-14)30-4/h5-10,13,16H,11-12H2,1-4H3/t16-/m1/s1. The van der Waals surface area contributed by atoms with Crippen LogP contribution < -0.4 is 9.47 Å². The summed E-state index contributed by atoms with van der Waals surface area (Å²) in [5.41, 5.74) is 1.83. The molecule has 0 N–H and O–H groups in total. The molecule has 0 aliphatic carbocycles. The predicted molar refractivity (Wildman–Crippen MR) is 124 cm³/mol. The molecular weight excluding hydrogens is 448 g/mol. The average Bonchev–Trinajstić information content (AvgIpc) is 3.56. The van der Waals surface area contributed by atoms with E-state index >= 15 is 0 Å². The fraction of sp³-hybridized carbons (Fsp3) is 0.381. The molecule has 11 heteroatoms. The molecule has 0 unspecified atom stereocenters. The molecule has 168 valence electrons. The third-order valence-corrected chi connectivity index (χ3v) is 6.88. The molecule has 0 bridgehead atoms. The number of hydrogen-bond acceptors (Lipinski definition) is 9. The van der Waals surface area contributed by atoms with E-state index in [0.717, 1.165) is 16.2 Å². The smallest absolute Gasteiger partial charge is 0.253 e. The van der Waals surface area contributed by atoms with E-state index in [1.54, 1.807) is 35.2 Å². The summed E-state index contributed by atoms with van der Waals surface area (Å²) in [5.74, 6) is 1.33. The molecule has 1 aromatic carbocycles. The summed E-state index contributed by atoms with van der Waals surface area (Å²) in [6, 6.07) is 9.59. The maximum atomic E-state index is 13.3. The zero-order valence-corrected chi connectivity index (χ0v) is 19.9. The van der Waals surface area contributed by atoms with Gasteiger partial charge in [-0.25, -0.2) is 9.69 Å². The third-order valence-electron chi connectivity index (χ3n) is 5.04. The Balaban J connectivity index is 1.59. The number of benzene rings is 1. The second kappa shape index (κ2) is 9.70. The van der Waals surface area contributed by atoms with Crippen molar-refractivity contribution in [2.24, 2.45) is 5.10 Å². The van der Waals surface area contributed by atoms with Gasteiger partial charge in [0.2, 0.25) is 5.16 Å². The summed E-state index contributed by atoms with van der Waals surface area (Å²) >= 11 is 2.92. The summed E-state index contributed by atoms with van der Waals surface area (Å²) in [7, 11) is 3.20. The first-order valence-electron chi connectivity index (χ1n) is 10.1. The van der Waals surface area contributed by atoms with Crippen LogP contribution in [0.4, 0.5) is 0 Å². The van der Waals surface area contributed by atoms with Crippen molar-refractivity contribution in [3.63, 3.8) is 0 Å². The number of hydrazone groups is 1. The van der Waals surface area contributed by atoms with Crippen LogP contribution in [0.2, 0.25) is 0 Å². The molecule has 32 heavy (non-hydrogen) atoms. The summed E-state index contributed by atoms with van der Waals surface area (Å²) < 4.78 is 12.5. The van der Waals surface area contributed by atoms with Gasteiger partial charge < -0.3 is 9.47 Å². The number of thioether (sulfide) groups is 1. The molecule has 1 aliphatic heterocycles. The van der Waals surface area contributed by atoms with Crippen molar-refractivity contribution in [2.45, 2.75) is 37.5 Å². The number of hydrogen-bond donors (Lipinski definition) is 0. The van der Waals surface area contributed by atoms with Gasteiger partial charge in [0.05, 0.1) is 42.6 Å². The minimum Gasteiger partial charge on any atom is -0.493 e. The number of rotatable bonds is 8. The van der Waals surface area contributed by atoms with E-state index in [0.29, 0.717) is 23.1 Å². The number of tetrazole rings is 1. The monoisotopic (exact) mass is 472 g/mol. The van der Waals surface area contributed by atoms with Crippen molar-refractivity contribution in [3.05, 3.63) is 46.2 Å². The van der Waals surface area contributed by atoms with Gasteiger partial charge in [-0.15, -0.1) is 16.4 Å². The van der Waals surface area contributed by atoms with Crippen LogP contribution in [0.5, 0.6) is 11.5 Å². The maximum Gasteiger partial charge on any atom is 0.253 e. The Kier molecular flexibility index (Phi) is 6.75. The van der Waals surface area contributed by atoms with Gasteiger partial charge in [-0.1, -0.05) is 23.9 Å². The second-order valence-electron chi connectivity index (χ2n) is 7.39. The summed E-state index contributed by atoms with van der Waals surface area (Å²) in [6.07, 6.45) is 0.621. The number of methoxy groups -OCH3 is 2. The van der Waals surface area contributed by atoms with Gasteiger partial charge in [-0.05, 0) is 53.4 Å². The zero-order chi connectivity index (χ0) is 22.7. The fourth-order valence-corrected chi connectivity index (χ4v) is 5.03. The molecule has 1 amide bonds. The highest BCUT2D eigenvalue weighted by atomic mass is 32.2. The van der Waals surface area contributed by atoms with Gasteiger partial charge in [0, 0.05) is 6.42 Å². The number of nitrogens with zero attached hydrogens (tertiary/aromatic N) is 6. The van der Waals surface area contributed by atoms with E-state index in [1.165, 1.54) is 11.8 Å². The van der Waals surface area contributed by atoms with Gasteiger partial charge >= 0.3 is 0 Å². The molecule has 4 rings (SSSR count). The van der Waals surface area contributed by atoms with Gasteiger partial charge in [0.25, 0.3) is 5.91 Å². The van der Waals surface area contributed by atoms with Gasteiger partial charge in [0.1, 0.15) is 0 Å². The van der Waals surface area contributed by atoms with E-state index < -0.39 is 0 Å². The van der Waals surface area contributed by atoms with Crippen molar-refractivity contribution in [2.75, 3.05) is 20.0 Å². The van der Waals surface area contributed by atoms with E-state index in [4.69, 9.17) is 14.6 Å². The lowest BCUT2D eigenvalue weighted by Gasteiger charge is -2.22. The first-order chi connectivity index (χ1) is 15.5. The third kappa shape index (κ3) is 4.49. The highest BCUT2D eigenvalue weighted by molar-refractivity contribution is 7.99. The molecule has 0 saturated carbocycles. The first kappa shape index (κ1) is 22.3. The Morgan fingerprint density at radius 1 is 1.25 bits per heavy atom. The Morgan fingerprint density at radius 3 is 2.75 bits per heavy atom. The molecule has 3 aromatic rings. The second-order valence-corrected chi connectivity index (χ2v) is 9.28. The van der Waals surface area contributed by atoms with Gasteiger partial charge in [-0.2, -0.15) is 5.10 Å². The van der Waals surface area contributed by atoms with Crippen molar-refractivity contribution < 1.29 is 14.3 Å². The Bertz CT molecular complexity index is 1110. The van der Waals surface area contributed by atoms with E-state index in [1.807, 2.05) is 49.6 Å². The van der Waals surface area contributed by atoms with Crippen molar-refractivity contribution in [3.8, 4) is 11.5 Å². The predicted octanol–water partition coefficient (Wildman–Crippen LogP) is 3.80. The van der Waals surface area contributed by atoms with E-state index in [-0.39, 0.29) is 23.7 Å². The fourth-order valence-electron chi connectivity index (χ4n) is 3.45. The molecule has 0 radical (unpaired) electrons. The number of ether oxygens (including phenoxy) is 2. The highest BCUT2D eigenvalue weighted by Gasteiger charge is 2.34. The first-order valence-corrected chi connectivity index (χ1v) is 11.9. The van der Waals surface area contributed by atoms with Gasteiger partial charge in [0.15, 0.2) is 11.5 Å². The molecule has 1 aliphatic rings. The van der Waals surface area contributed by atoms with Crippen LogP contribution in [0.15, 0.2) is 46.0 Å². The molecule has 2 aromatic heterocycles. The Hall–Kier alpha value is -2.92.